The zero-order valence-electron chi connectivity index (χ0n) is 10.7. The van der Waals surface area contributed by atoms with Crippen LogP contribution >= 0.6 is 0 Å². The summed E-state index contributed by atoms with van der Waals surface area (Å²) < 4.78 is 0. The van der Waals surface area contributed by atoms with Crippen molar-refractivity contribution in [2.24, 2.45) is 5.92 Å². The second kappa shape index (κ2) is 8.15. The molecule has 0 saturated heterocycles. The Labute approximate surface area is 96.0 Å². The molecule has 0 amide bonds. The summed E-state index contributed by atoms with van der Waals surface area (Å²) >= 11 is 0. The van der Waals surface area contributed by atoms with E-state index in [0.29, 0.717) is 0 Å². The first kappa shape index (κ1) is 13.0. The van der Waals surface area contributed by atoms with Crippen molar-refractivity contribution >= 4 is 0 Å². The van der Waals surface area contributed by atoms with Crippen LogP contribution in [0.5, 0.6) is 0 Å². The fourth-order valence-corrected chi connectivity index (χ4v) is 2.81. The van der Waals surface area contributed by atoms with Crippen LogP contribution < -0.4 is 5.32 Å². The quantitative estimate of drug-likeness (QED) is 0.595. The smallest absolute Gasteiger partial charge is 0.00641 e. The van der Waals surface area contributed by atoms with Gasteiger partial charge < -0.3 is 5.32 Å². The molecule has 1 fully saturated rings. The fourth-order valence-electron chi connectivity index (χ4n) is 2.81. The summed E-state index contributed by atoms with van der Waals surface area (Å²) in [5, 5.41) is 3.48. The third kappa shape index (κ3) is 5.55. The summed E-state index contributed by atoms with van der Waals surface area (Å²) in [6.45, 7) is 2.28. The lowest BCUT2D eigenvalue weighted by molar-refractivity contribution is 0.397. The maximum absolute atomic E-state index is 3.48. The van der Waals surface area contributed by atoms with E-state index in [-0.39, 0.29) is 0 Å². The molecule has 1 aliphatic carbocycles. The highest BCUT2D eigenvalue weighted by Crippen LogP contribution is 2.29. The van der Waals surface area contributed by atoms with Crippen LogP contribution in [0.1, 0.15) is 71.1 Å². The second-order valence-corrected chi connectivity index (χ2v) is 5.21. The van der Waals surface area contributed by atoms with E-state index in [1.807, 2.05) is 0 Å². The van der Waals surface area contributed by atoms with Crippen LogP contribution in [0.4, 0.5) is 0 Å². The Hall–Kier alpha value is -0.0400. The van der Waals surface area contributed by atoms with E-state index in [9.17, 15) is 0 Å². The van der Waals surface area contributed by atoms with E-state index in [0.717, 1.165) is 12.0 Å². The van der Waals surface area contributed by atoms with Gasteiger partial charge in [0.1, 0.15) is 0 Å². The largest absolute Gasteiger partial charge is 0.317 e. The Morgan fingerprint density at radius 3 is 2.47 bits per heavy atom. The highest BCUT2D eigenvalue weighted by molar-refractivity contribution is 4.72. The Morgan fingerprint density at radius 2 is 1.87 bits per heavy atom. The van der Waals surface area contributed by atoms with Crippen molar-refractivity contribution in [2.75, 3.05) is 7.05 Å². The molecular weight excluding hydrogens is 182 g/mol. The van der Waals surface area contributed by atoms with Gasteiger partial charge in [-0.15, -0.1) is 0 Å². The normalized spacial score (nSPS) is 19.6. The van der Waals surface area contributed by atoms with E-state index in [1.54, 1.807) is 0 Å². The first-order valence-electron chi connectivity index (χ1n) is 7.04. The minimum absolute atomic E-state index is 0.789. The summed E-state index contributed by atoms with van der Waals surface area (Å²) in [6, 6.07) is 0.789. The van der Waals surface area contributed by atoms with Crippen LogP contribution in [0, 0.1) is 5.92 Å². The molecule has 1 N–H and O–H groups in total. The van der Waals surface area contributed by atoms with Gasteiger partial charge in [-0.25, -0.2) is 0 Å². The van der Waals surface area contributed by atoms with Gasteiger partial charge in [0.25, 0.3) is 0 Å². The molecule has 1 unspecified atom stereocenters. The summed E-state index contributed by atoms with van der Waals surface area (Å²) in [7, 11) is 2.13. The average Bonchev–Trinajstić information content (AvgIpc) is 2.76. The van der Waals surface area contributed by atoms with E-state index in [2.05, 4.69) is 19.3 Å². The Bertz CT molecular complexity index is 138. The third-order valence-electron chi connectivity index (χ3n) is 3.96. The van der Waals surface area contributed by atoms with Gasteiger partial charge in [0, 0.05) is 6.04 Å². The van der Waals surface area contributed by atoms with Gasteiger partial charge >= 0.3 is 0 Å². The Balaban J connectivity index is 2.04. The van der Waals surface area contributed by atoms with E-state index in [4.69, 9.17) is 0 Å². The molecule has 1 saturated carbocycles. The average molecular weight is 211 g/mol. The lowest BCUT2D eigenvalue weighted by atomic mass is 9.96. The lowest BCUT2D eigenvalue weighted by Crippen LogP contribution is -2.25. The molecule has 1 heteroatoms. The number of hydrogen-bond acceptors (Lipinski definition) is 1. The standard InChI is InChI=1S/C14H29N/c1-3-4-5-10-14(15-2)12-11-13-8-6-7-9-13/h13-15H,3-12H2,1-2H3. The molecular formula is C14H29N. The van der Waals surface area contributed by atoms with Gasteiger partial charge in [-0.1, -0.05) is 51.9 Å². The molecule has 0 radical (unpaired) electrons. The van der Waals surface area contributed by atoms with E-state index < -0.39 is 0 Å². The van der Waals surface area contributed by atoms with Crippen molar-refractivity contribution in [3.05, 3.63) is 0 Å². The molecule has 1 rings (SSSR count). The van der Waals surface area contributed by atoms with Crippen molar-refractivity contribution < 1.29 is 0 Å². The molecule has 1 nitrogen and oxygen atoms in total. The van der Waals surface area contributed by atoms with Crippen LogP contribution in [-0.4, -0.2) is 13.1 Å². The van der Waals surface area contributed by atoms with Gasteiger partial charge in [-0.3, -0.25) is 0 Å². The summed E-state index contributed by atoms with van der Waals surface area (Å²) in [5.41, 5.74) is 0. The zero-order valence-corrected chi connectivity index (χ0v) is 10.7. The molecule has 0 aromatic heterocycles. The predicted octanol–water partition coefficient (Wildman–Crippen LogP) is 4.13. The molecule has 0 aromatic carbocycles. The van der Waals surface area contributed by atoms with Crippen molar-refractivity contribution in [2.45, 2.75) is 77.2 Å². The number of unbranched alkanes of at least 4 members (excludes halogenated alkanes) is 2. The molecule has 1 aliphatic rings. The molecule has 15 heavy (non-hydrogen) atoms. The fraction of sp³-hybridized carbons (Fsp3) is 1.00. The van der Waals surface area contributed by atoms with Gasteiger partial charge in [0.15, 0.2) is 0 Å². The molecule has 1 atom stereocenters. The van der Waals surface area contributed by atoms with E-state index in [1.165, 1.54) is 64.2 Å². The highest BCUT2D eigenvalue weighted by Gasteiger charge is 2.16. The second-order valence-electron chi connectivity index (χ2n) is 5.21. The summed E-state index contributed by atoms with van der Waals surface area (Å²) in [5.74, 6) is 1.06. The molecule has 0 aromatic rings. The minimum atomic E-state index is 0.789. The van der Waals surface area contributed by atoms with Crippen molar-refractivity contribution in [3.63, 3.8) is 0 Å². The summed E-state index contributed by atoms with van der Waals surface area (Å²) in [4.78, 5) is 0. The van der Waals surface area contributed by atoms with Gasteiger partial charge in [-0.2, -0.15) is 0 Å². The number of rotatable bonds is 8. The SMILES string of the molecule is CCCCCC(CCC1CCCC1)NC. The maximum atomic E-state index is 3.48. The molecule has 0 bridgehead atoms. The van der Waals surface area contributed by atoms with Crippen LogP contribution in [0.3, 0.4) is 0 Å². The summed E-state index contributed by atoms with van der Waals surface area (Å²) in [6.07, 6.45) is 14.4. The first-order valence-corrected chi connectivity index (χ1v) is 7.04. The van der Waals surface area contributed by atoms with Crippen molar-refractivity contribution in [3.8, 4) is 0 Å². The highest BCUT2D eigenvalue weighted by atomic mass is 14.9. The lowest BCUT2D eigenvalue weighted by Gasteiger charge is -2.18. The topological polar surface area (TPSA) is 12.0 Å². The van der Waals surface area contributed by atoms with Crippen LogP contribution in [0.15, 0.2) is 0 Å². The van der Waals surface area contributed by atoms with Gasteiger partial charge in [-0.05, 0) is 32.2 Å². The predicted molar refractivity (Wildman–Crippen MR) is 68.2 cm³/mol. The third-order valence-corrected chi connectivity index (χ3v) is 3.96. The molecule has 90 valence electrons. The maximum Gasteiger partial charge on any atom is 0.00641 e. The molecule has 0 spiro atoms. The minimum Gasteiger partial charge on any atom is -0.317 e. The Morgan fingerprint density at radius 1 is 1.13 bits per heavy atom. The van der Waals surface area contributed by atoms with Gasteiger partial charge in [0.05, 0.1) is 0 Å². The number of hydrogen-bond donors (Lipinski definition) is 1. The molecule has 0 aliphatic heterocycles. The molecule has 0 heterocycles. The van der Waals surface area contributed by atoms with Crippen LogP contribution in [0.2, 0.25) is 0 Å². The Kier molecular flexibility index (Phi) is 7.08. The van der Waals surface area contributed by atoms with Gasteiger partial charge in [0.2, 0.25) is 0 Å². The van der Waals surface area contributed by atoms with Crippen molar-refractivity contribution in [1.82, 2.24) is 5.32 Å². The van der Waals surface area contributed by atoms with E-state index >= 15 is 0 Å². The number of nitrogens with one attached hydrogen (secondary N) is 1. The first-order chi connectivity index (χ1) is 7.36. The monoisotopic (exact) mass is 211 g/mol. The van der Waals surface area contributed by atoms with Crippen molar-refractivity contribution in [1.29, 1.82) is 0 Å². The zero-order chi connectivity index (χ0) is 10.9. The van der Waals surface area contributed by atoms with Crippen LogP contribution in [0.25, 0.3) is 0 Å². The van der Waals surface area contributed by atoms with Crippen LogP contribution in [-0.2, 0) is 0 Å².